The molecule has 2 fully saturated rings. The molecule has 2 N–H and O–H groups in total. The molecule has 2 amide bonds. The molecule has 1 heterocycles. The van der Waals surface area contributed by atoms with Crippen LogP contribution in [0, 0.1) is 11.8 Å². The number of carbonyl (C=O) groups excluding carboxylic acids is 2. The lowest BCUT2D eigenvalue weighted by molar-refractivity contribution is -0.141. The van der Waals surface area contributed by atoms with Gasteiger partial charge >= 0.3 is 0 Å². The third kappa shape index (κ3) is 2.02. The topological polar surface area (TPSA) is 63.4 Å². The number of benzene rings is 1. The van der Waals surface area contributed by atoms with Crippen LogP contribution in [0.2, 0.25) is 0 Å². The van der Waals surface area contributed by atoms with Gasteiger partial charge in [-0.3, -0.25) is 14.5 Å². The van der Waals surface area contributed by atoms with Crippen molar-refractivity contribution in [2.75, 3.05) is 0 Å². The van der Waals surface area contributed by atoms with E-state index in [0.29, 0.717) is 4.99 Å². The first kappa shape index (κ1) is 13.2. The number of nitrogens with two attached hydrogens (primary N) is 1. The summed E-state index contributed by atoms with van der Waals surface area (Å²) in [7, 11) is 0. The molecule has 0 bridgehead atoms. The number of rotatable bonds is 3. The van der Waals surface area contributed by atoms with E-state index < -0.39 is 0 Å². The van der Waals surface area contributed by atoms with Crippen LogP contribution < -0.4 is 5.73 Å². The zero-order chi connectivity index (χ0) is 14.3. The van der Waals surface area contributed by atoms with Crippen LogP contribution in [0.15, 0.2) is 24.3 Å². The summed E-state index contributed by atoms with van der Waals surface area (Å²) >= 11 is 5.02. The predicted molar refractivity (Wildman–Crippen MR) is 78.7 cm³/mol. The van der Waals surface area contributed by atoms with Gasteiger partial charge in [0.1, 0.15) is 4.99 Å². The first-order chi connectivity index (χ1) is 9.59. The number of hydrogen-bond acceptors (Lipinski definition) is 3. The van der Waals surface area contributed by atoms with Crippen LogP contribution in [0.1, 0.15) is 30.4 Å². The standard InChI is InChI=1S/C15H16N2O2S/c16-13(20)10-5-2-1-4-9(10)8-17-14(18)11-6-3-7-12(11)15(17)19/h1-2,4-5,11-12H,3,6-8H2,(H2,16,20). The second-order valence-electron chi connectivity index (χ2n) is 5.43. The average Bonchev–Trinajstić information content (AvgIpc) is 2.99. The van der Waals surface area contributed by atoms with Gasteiger partial charge in [-0.1, -0.05) is 42.9 Å². The summed E-state index contributed by atoms with van der Waals surface area (Å²) in [6, 6.07) is 7.40. The first-order valence-corrected chi connectivity index (χ1v) is 7.23. The Labute approximate surface area is 122 Å². The summed E-state index contributed by atoms with van der Waals surface area (Å²) < 4.78 is 0. The molecule has 1 aliphatic heterocycles. The van der Waals surface area contributed by atoms with Gasteiger partial charge in [0.25, 0.3) is 0 Å². The summed E-state index contributed by atoms with van der Waals surface area (Å²) in [5, 5.41) is 0. The van der Waals surface area contributed by atoms with Gasteiger partial charge in [-0.05, 0) is 18.4 Å². The van der Waals surface area contributed by atoms with Gasteiger partial charge in [-0.15, -0.1) is 0 Å². The lowest BCUT2D eigenvalue weighted by Crippen LogP contribution is -2.32. The fourth-order valence-corrected chi connectivity index (χ4v) is 3.48. The van der Waals surface area contributed by atoms with Crippen LogP contribution >= 0.6 is 12.2 Å². The van der Waals surface area contributed by atoms with Crippen molar-refractivity contribution in [3.63, 3.8) is 0 Å². The van der Waals surface area contributed by atoms with Crippen LogP contribution in [0.4, 0.5) is 0 Å². The highest BCUT2D eigenvalue weighted by molar-refractivity contribution is 7.80. The van der Waals surface area contributed by atoms with Crippen LogP contribution in [-0.4, -0.2) is 21.7 Å². The highest BCUT2D eigenvalue weighted by atomic mass is 32.1. The van der Waals surface area contributed by atoms with Gasteiger partial charge in [0.05, 0.1) is 18.4 Å². The monoisotopic (exact) mass is 288 g/mol. The number of amides is 2. The Kier molecular flexibility index (Phi) is 3.30. The predicted octanol–water partition coefficient (Wildman–Crippen LogP) is 1.61. The molecule has 5 heteroatoms. The molecule has 104 valence electrons. The van der Waals surface area contributed by atoms with Crippen molar-refractivity contribution in [1.29, 1.82) is 0 Å². The molecule has 4 nitrogen and oxygen atoms in total. The number of nitrogens with zero attached hydrogens (tertiary/aromatic N) is 1. The number of carbonyl (C=O) groups is 2. The molecule has 1 aromatic carbocycles. The van der Waals surface area contributed by atoms with Crippen LogP contribution in [-0.2, 0) is 16.1 Å². The Morgan fingerprint density at radius 3 is 2.40 bits per heavy atom. The van der Waals surface area contributed by atoms with Crippen molar-refractivity contribution in [3.8, 4) is 0 Å². The fraction of sp³-hybridized carbons (Fsp3) is 0.400. The van der Waals surface area contributed by atoms with Crippen molar-refractivity contribution in [2.24, 2.45) is 17.6 Å². The van der Waals surface area contributed by atoms with Crippen LogP contribution in [0.3, 0.4) is 0 Å². The van der Waals surface area contributed by atoms with E-state index in [1.165, 1.54) is 4.90 Å². The smallest absolute Gasteiger partial charge is 0.233 e. The molecular weight excluding hydrogens is 272 g/mol. The molecule has 3 rings (SSSR count). The maximum atomic E-state index is 12.3. The Morgan fingerprint density at radius 2 is 1.80 bits per heavy atom. The Bertz CT molecular complexity index is 577. The van der Waals surface area contributed by atoms with Crippen molar-refractivity contribution in [1.82, 2.24) is 4.90 Å². The number of likely N-dealkylation sites (tertiary alicyclic amines) is 1. The molecule has 0 spiro atoms. The second-order valence-corrected chi connectivity index (χ2v) is 5.87. The zero-order valence-electron chi connectivity index (χ0n) is 11.0. The number of imide groups is 1. The van der Waals surface area contributed by atoms with Crippen LogP contribution in [0.5, 0.6) is 0 Å². The van der Waals surface area contributed by atoms with E-state index in [4.69, 9.17) is 18.0 Å². The minimum absolute atomic E-state index is 0.0322. The molecular formula is C15H16N2O2S. The fourth-order valence-electron chi connectivity index (χ4n) is 3.28. The SMILES string of the molecule is NC(=S)c1ccccc1CN1C(=O)C2CCCC2C1=O. The molecule has 1 aromatic rings. The van der Waals surface area contributed by atoms with Gasteiger partial charge in [0, 0.05) is 5.56 Å². The molecule has 1 aliphatic carbocycles. The third-order valence-corrected chi connectivity index (χ3v) is 4.51. The Balaban J connectivity index is 1.87. The Hall–Kier alpha value is -1.75. The van der Waals surface area contributed by atoms with Crippen molar-refractivity contribution in [3.05, 3.63) is 35.4 Å². The van der Waals surface area contributed by atoms with E-state index in [0.717, 1.165) is 30.4 Å². The maximum Gasteiger partial charge on any atom is 0.233 e. The lowest BCUT2D eigenvalue weighted by Gasteiger charge is -2.17. The van der Waals surface area contributed by atoms with Crippen LogP contribution in [0.25, 0.3) is 0 Å². The minimum atomic E-state index is -0.0977. The highest BCUT2D eigenvalue weighted by Gasteiger charge is 2.49. The van der Waals surface area contributed by atoms with Gasteiger partial charge in [0.15, 0.2) is 0 Å². The van der Waals surface area contributed by atoms with Crippen molar-refractivity contribution >= 4 is 29.0 Å². The second kappa shape index (κ2) is 4.98. The third-order valence-electron chi connectivity index (χ3n) is 4.29. The van der Waals surface area contributed by atoms with E-state index in [2.05, 4.69) is 0 Å². The quantitative estimate of drug-likeness (QED) is 0.678. The van der Waals surface area contributed by atoms with E-state index in [1.54, 1.807) is 0 Å². The molecule has 1 saturated heterocycles. The summed E-state index contributed by atoms with van der Waals surface area (Å²) in [6.07, 6.45) is 2.65. The molecule has 2 atom stereocenters. The lowest BCUT2D eigenvalue weighted by atomic mass is 10.00. The Morgan fingerprint density at radius 1 is 1.20 bits per heavy atom. The summed E-state index contributed by atoms with van der Waals surface area (Å²) in [5.74, 6) is -0.260. The summed E-state index contributed by atoms with van der Waals surface area (Å²) in [4.78, 5) is 26.3. The largest absolute Gasteiger partial charge is 0.389 e. The normalized spacial score (nSPS) is 25.1. The summed E-state index contributed by atoms with van der Waals surface area (Å²) in [6.45, 7) is 0.276. The number of hydrogen-bond donors (Lipinski definition) is 1. The molecule has 2 aliphatic rings. The summed E-state index contributed by atoms with van der Waals surface area (Å²) in [5.41, 5.74) is 7.26. The molecule has 0 aromatic heterocycles. The van der Waals surface area contributed by atoms with E-state index in [1.807, 2.05) is 24.3 Å². The molecule has 2 unspecified atom stereocenters. The maximum absolute atomic E-state index is 12.3. The van der Waals surface area contributed by atoms with E-state index in [-0.39, 0.29) is 30.2 Å². The van der Waals surface area contributed by atoms with E-state index in [9.17, 15) is 9.59 Å². The van der Waals surface area contributed by atoms with E-state index >= 15 is 0 Å². The molecule has 1 saturated carbocycles. The first-order valence-electron chi connectivity index (χ1n) is 6.82. The number of thiocarbonyl (C=S) groups is 1. The molecule has 20 heavy (non-hydrogen) atoms. The van der Waals surface area contributed by atoms with Gasteiger partial charge in [0.2, 0.25) is 11.8 Å². The van der Waals surface area contributed by atoms with Gasteiger partial charge in [-0.2, -0.15) is 0 Å². The van der Waals surface area contributed by atoms with Crippen molar-refractivity contribution < 1.29 is 9.59 Å². The number of fused-ring (bicyclic) bond motifs is 1. The van der Waals surface area contributed by atoms with Gasteiger partial charge in [-0.25, -0.2) is 0 Å². The zero-order valence-corrected chi connectivity index (χ0v) is 11.9. The minimum Gasteiger partial charge on any atom is -0.389 e. The average molecular weight is 288 g/mol. The van der Waals surface area contributed by atoms with Gasteiger partial charge < -0.3 is 5.73 Å². The molecule has 0 radical (unpaired) electrons. The van der Waals surface area contributed by atoms with Crippen molar-refractivity contribution in [2.45, 2.75) is 25.8 Å². The highest BCUT2D eigenvalue weighted by Crippen LogP contribution is 2.40.